The Morgan fingerprint density at radius 3 is 2.41 bits per heavy atom. The summed E-state index contributed by atoms with van der Waals surface area (Å²) in [6, 6.07) is 15.8. The van der Waals surface area contributed by atoms with E-state index in [9.17, 15) is 21.2 Å². The molecule has 0 aliphatic heterocycles. The zero-order chi connectivity index (χ0) is 24.3. The number of nitrogens with zero attached hydrogens (tertiary/aromatic N) is 2. The van der Waals surface area contributed by atoms with Crippen LogP contribution in [0.3, 0.4) is 0 Å². The predicted molar refractivity (Wildman–Crippen MR) is 127 cm³/mol. The van der Waals surface area contributed by atoms with Crippen LogP contribution in [0.5, 0.6) is 0 Å². The van der Waals surface area contributed by atoms with Gasteiger partial charge in [-0.15, -0.1) is 0 Å². The summed E-state index contributed by atoms with van der Waals surface area (Å²) >= 11 is 0. The molecule has 4 rings (SSSR count). The van der Waals surface area contributed by atoms with E-state index in [2.05, 4.69) is 15.0 Å². The normalized spacial score (nSPS) is 11.9. The number of sulfonamides is 1. The quantitative estimate of drug-likeness (QED) is 0.384. The van der Waals surface area contributed by atoms with E-state index in [1.165, 1.54) is 73.2 Å². The first kappa shape index (κ1) is 23.6. The third-order valence-electron chi connectivity index (χ3n) is 4.96. The van der Waals surface area contributed by atoms with Gasteiger partial charge < -0.3 is 5.32 Å². The molecule has 0 radical (unpaired) electrons. The number of rotatable bonds is 8. The number of hydrogen-bond acceptors (Lipinski definition) is 6. The molecule has 176 valence electrons. The summed E-state index contributed by atoms with van der Waals surface area (Å²) in [6.45, 7) is 0.370. The molecule has 2 heterocycles. The summed E-state index contributed by atoms with van der Waals surface area (Å²) in [5.41, 5.74) is 0.976. The van der Waals surface area contributed by atoms with Crippen molar-refractivity contribution in [3.8, 4) is 11.3 Å². The molecule has 0 amide bonds. The SMILES string of the molecule is CNCc1cc(-c2ccccc2F)n(S(=O)(=O)c2cccc(NS(=O)(=O)c3cccnc3)c2)c1. The van der Waals surface area contributed by atoms with Crippen LogP contribution in [0.1, 0.15) is 5.56 Å². The van der Waals surface area contributed by atoms with E-state index >= 15 is 0 Å². The van der Waals surface area contributed by atoms with Crippen molar-refractivity contribution in [2.75, 3.05) is 11.8 Å². The summed E-state index contributed by atoms with van der Waals surface area (Å²) < 4.78 is 70.3. The van der Waals surface area contributed by atoms with E-state index in [-0.39, 0.29) is 26.7 Å². The molecular formula is C23H21FN4O4S2. The first-order chi connectivity index (χ1) is 16.2. The fourth-order valence-electron chi connectivity index (χ4n) is 3.42. The van der Waals surface area contributed by atoms with Gasteiger partial charge in [-0.05, 0) is 61.1 Å². The zero-order valence-electron chi connectivity index (χ0n) is 18.0. The van der Waals surface area contributed by atoms with Crippen LogP contribution >= 0.6 is 0 Å². The molecule has 11 heteroatoms. The molecule has 0 aliphatic rings. The van der Waals surface area contributed by atoms with Gasteiger partial charge in [0.2, 0.25) is 0 Å². The summed E-state index contributed by atoms with van der Waals surface area (Å²) in [4.78, 5) is 3.57. The van der Waals surface area contributed by atoms with Gasteiger partial charge >= 0.3 is 0 Å². The zero-order valence-corrected chi connectivity index (χ0v) is 19.6. The number of benzene rings is 2. The van der Waals surface area contributed by atoms with Crippen molar-refractivity contribution >= 4 is 25.7 Å². The van der Waals surface area contributed by atoms with Gasteiger partial charge in [-0.3, -0.25) is 9.71 Å². The Labute approximate surface area is 197 Å². The van der Waals surface area contributed by atoms with Crippen molar-refractivity contribution < 1.29 is 21.2 Å². The smallest absolute Gasteiger partial charge is 0.268 e. The minimum Gasteiger partial charge on any atom is -0.316 e. The molecule has 0 bridgehead atoms. The maximum atomic E-state index is 14.5. The number of nitrogens with one attached hydrogen (secondary N) is 2. The summed E-state index contributed by atoms with van der Waals surface area (Å²) in [5, 5.41) is 2.95. The fraction of sp³-hybridized carbons (Fsp3) is 0.0870. The maximum Gasteiger partial charge on any atom is 0.268 e. The van der Waals surface area contributed by atoms with Crippen LogP contribution in [0.4, 0.5) is 10.1 Å². The summed E-state index contributed by atoms with van der Waals surface area (Å²) in [6.07, 6.45) is 4.05. The lowest BCUT2D eigenvalue weighted by Crippen LogP contribution is -2.16. The molecule has 2 aromatic heterocycles. The third-order valence-corrected chi connectivity index (χ3v) is 8.00. The second-order valence-electron chi connectivity index (χ2n) is 7.37. The maximum absolute atomic E-state index is 14.5. The minimum atomic E-state index is -4.20. The minimum absolute atomic E-state index is 0.0555. The molecule has 2 N–H and O–H groups in total. The molecule has 4 aromatic rings. The van der Waals surface area contributed by atoms with E-state index in [0.717, 1.165) is 3.97 Å². The van der Waals surface area contributed by atoms with Crippen molar-refractivity contribution in [2.24, 2.45) is 0 Å². The average molecular weight is 501 g/mol. The first-order valence-corrected chi connectivity index (χ1v) is 13.0. The summed E-state index contributed by atoms with van der Waals surface area (Å²) in [5.74, 6) is -0.564. The van der Waals surface area contributed by atoms with Gasteiger partial charge in [-0.2, -0.15) is 0 Å². The van der Waals surface area contributed by atoms with Gasteiger partial charge in [0.15, 0.2) is 0 Å². The lowest BCUT2D eigenvalue weighted by Gasteiger charge is -2.13. The van der Waals surface area contributed by atoms with Crippen molar-refractivity contribution in [3.05, 3.63) is 96.7 Å². The number of hydrogen-bond donors (Lipinski definition) is 2. The highest BCUT2D eigenvalue weighted by Crippen LogP contribution is 2.30. The lowest BCUT2D eigenvalue weighted by molar-refractivity contribution is 0.587. The van der Waals surface area contributed by atoms with Gasteiger partial charge in [-0.1, -0.05) is 18.2 Å². The number of pyridine rings is 1. The lowest BCUT2D eigenvalue weighted by atomic mass is 10.1. The van der Waals surface area contributed by atoms with E-state index in [4.69, 9.17) is 0 Å². The Bertz CT molecular complexity index is 1540. The first-order valence-electron chi connectivity index (χ1n) is 10.1. The average Bonchev–Trinajstić information content (AvgIpc) is 3.25. The van der Waals surface area contributed by atoms with Crippen molar-refractivity contribution in [1.82, 2.24) is 14.3 Å². The largest absolute Gasteiger partial charge is 0.316 e. The van der Waals surface area contributed by atoms with Crippen LogP contribution in [0.15, 0.2) is 95.1 Å². The van der Waals surface area contributed by atoms with Crippen molar-refractivity contribution in [2.45, 2.75) is 16.3 Å². The van der Waals surface area contributed by atoms with Crippen LogP contribution < -0.4 is 10.0 Å². The van der Waals surface area contributed by atoms with Gasteiger partial charge in [0.05, 0.1) is 16.3 Å². The Morgan fingerprint density at radius 1 is 0.941 bits per heavy atom. The molecule has 8 nitrogen and oxygen atoms in total. The highest BCUT2D eigenvalue weighted by Gasteiger charge is 2.24. The molecule has 2 aromatic carbocycles. The topological polar surface area (TPSA) is 110 Å². The van der Waals surface area contributed by atoms with Crippen molar-refractivity contribution in [3.63, 3.8) is 0 Å². The predicted octanol–water partition coefficient (Wildman–Crippen LogP) is 3.45. The molecule has 0 saturated heterocycles. The van der Waals surface area contributed by atoms with E-state index in [0.29, 0.717) is 12.1 Å². The van der Waals surface area contributed by atoms with Crippen LogP contribution in [-0.2, 0) is 26.6 Å². The van der Waals surface area contributed by atoms with Gasteiger partial charge in [0, 0.05) is 30.7 Å². The Morgan fingerprint density at radius 2 is 1.71 bits per heavy atom. The number of halogens is 1. The monoisotopic (exact) mass is 500 g/mol. The molecule has 0 saturated carbocycles. The molecule has 0 atom stereocenters. The van der Waals surface area contributed by atoms with Gasteiger partial charge in [0.1, 0.15) is 10.7 Å². The molecular weight excluding hydrogens is 479 g/mol. The van der Waals surface area contributed by atoms with Crippen LogP contribution in [-0.4, -0.2) is 32.8 Å². The summed E-state index contributed by atoms with van der Waals surface area (Å²) in [7, 11) is -6.46. The third kappa shape index (κ3) is 4.72. The van der Waals surface area contributed by atoms with E-state index < -0.39 is 25.9 Å². The highest BCUT2D eigenvalue weighted by molar-refractivity contribution is 7.92. The van der Waals surface area contributed by atoms with Gasteiger partial charge in [0.25, 0.3) is 20.0 Å². The molecule has 0 spiro atoms. The van der Waals surface area contributed by atoms with E-state index in [1.807, 2.05) is 0 Å². The standard InChI is InChI=1S/C23H21FN4O4S2/c1-25-14-17-12-23(21-9-2-3-10-22(21)24)28(16-17)34(31,32)19-7-4-6-18(13-19)27-33(29,30)20-8-5-11-26-15-20/h2-13,15-16,25,27H,14H2,1H3. The molecule has 34 heavy (non-hydrogen) atoms. The van der Waals surface area contributed by atoms with Crippen LogP contribution in [0.2, 0.25) is 0 Å². The van der Waals surface area contributed by atoms with Crippen LogP contribution in [0, 0.1) is 5.82 Å². The molecule has 0 aliphatic carbocycles. The number of anilines is 1. The molecule has 0 unspecified atom stereocenters. The fourth-order valence-corrected chi connectivity index (χ4v) is 5.87. The second-order valence-corrected chi connectivity index (χ2v) is 10.9. The highest BCUT2D eigenvalue weighted by atomic mass is 32.2. The second kappa shape index (κ2) is 9.37. The van der Waals surface area contributed by atoms with Crippen molar-refractivity contribution in [1.29, 1.82) is 0 Å². The molecule has 0 fully saturated rings. The van der Waals surface area contributed by atoms with Crippen LogP contribution in [0.25, 0.3) is 11.3 Å². The Balaban J connectivity index is 1.77. The Hall–Kier alpha value is -3.54. The van der Waals surface area contributed by atoms with Gasteiger partial charge in [-0.25, -0.2) is 25.2 Å². The Kier molecular flexibility index (Phi) is 6.51. The number of aromatic nitrogens is 2. The van der Waals surface area contributed by atoms with E-state index in [1.54, 1.807) is 19.2 Å².